The number of amides is 1. The van der Waals surface area contributed by atoms with Crippen LogP contribution in [0.25, 0.3) is 0 Å². The number of allylic oxidation sites excluding steroid dienone is 8. The third kappa shape index (κ3) is 43.9. The Hall–Kier alpha value is -2.56. The van der Waals surface area contributed by atoms with Gasteiger partial charge in [0.2, 0.25) is 5.91 Å². The average molecular weight is 882 g/mol. The number of phosphoric acid groups is 1. The number of ether oxygens (including phenoxy) is 1. The maximum absolute atomic E-state index is 12.3. The highest BCUT2D eigenvalue weighted by molar-refractivity contribution is 7.47. The van der Waals surface area contributed by atoms with E-state index < -0.39 is 57.6 Å². The number of phosphoric ester groups is 1. The van der Waals surface area contributed by atoms with E-state index in [4.69, 9.17) is 13.8 Å². The van der Waals surface area contributed by atoms with Gasteiger partial charge >= 0.3 is 19.8 Å². The summed E-state index contributed by atoms with van der Waals surface area (Å²) in [4.78, 5) is 46.0. The van der Waals surface area contributed by atoms with E-state index in [-0.39, 0.29) is 12.8 Å². The number of aliphatic hydroxyl groups is 1. The number of esters is 1. The molecular formula is C49H88NO10P. The Bertz CT molecular complexity index is 1220. The Balaban J connectivity index is 3.90. The van der Waals surface area contributed by atoms with Gasteiger partial charge in [0.1, 0.15) is 12.7 Å². The first-order chi connectivity index (χ1) is 29.6. The summed E-state index contributed by atoms with van der Waals surface area (Å²) >= 11 is 0. The first-order valence-corrected chi connectivity index (χ1v) is 25.7. The van der Waals surface area contributed by atoms with Crippen LogP contribution in [-0.2, 0) is 32.7 Å². The van der Waals surface area contributed by atoms with Gasteiger partial charge in [-0.2, -0.15) is 0 Å². The van der Waals surface area contributed by atoms with Gasteiger partial charge in [-0.1, -0.05) is 191 Å². The van der Waals surface area contributed by atoms with Crippen molar-refractivity contribution in [3.8, 4) is 0 Å². The van der Waals surface area contributed by atoms with Crippen LogP contribution in [0, 0.1) is 0 Å². The van der Waals surface area contributed by atoms with Crippen LogP contribution in [0.1, 0.15) is 213 Å². The van der Waals surface area contributed by atoms with Crippen molar-refractivity contribution in [1.29, 1.82) is 0 Å². The Morgan fingerprint density at radius 1 is 0.525 bits per heavy atom. The maximum Gasteiger partial charge on any atom is 0.472 e. The zero-order valence-electron chi connectivity index (χ0n) is 38.5. The van der Waals surface area contributed by atoms with Gasteiger partial charge in [0, 0.05) is 12.8 Å². The summed E-state index contributed by atoms with van der Waals surface area (Å²) in [6, 6.07) is -1.56. The van der Waals surface area contributed by atoms with Crippen molar-refractivity contribution in [2.45, 2.75) is 225 Å². The van der Waals surface area contributed by atoms with Crippen molar-refractivity contribution in [2.75, 3.05) is 19.8 Å². The summed E-state index contributed by atoms with van der Waals surface area (Å²) in [7, 11) is -4.76. The second-order valence-corrected chi connectivity index (χ2v) is 17.8. The van der Waals surface area contributed by atoms with Crippen LogP contribution >= 0.6 is 7.82 Å². The molecule has 0 heterocycles. The molecule has 0 spiro atoms. The van der Waals surface area contributed by atoms with Crippen LogP contribution in [0.5, 0.6) is 0 Å². The average Bonchev–Trinajstić information content (AvgIpc) is 3.24. The number of aliphatic hydroxyl groups excluding tert-OH is 1. The number of carbonyl (C=O) groups excluding carboxylic acids is 2. The molecule has 0 aromatic rings. The van der Waals surface area contributed by atoms with E-state index in [1.54, 1.807) is 0 Å². The van der Waals surface area contributed by atoms with Crippen LogP contribution in [0.2, 0.25) is 0 Å². The minimum Gasteiger partial charge on any atom is -0.480 e. The van der Waals surface area contributed by atoms with E-state index in [1.165, 1.54) is 103 Å². The predicted octanol–water partition coefficient (Wildman–Crippen LogP) is 13.0. The lowest BCUT2D eigenvalue weighted by Gasteiger charge is -2.18. The van der Waals surface area contributed by atoms with Crippen molar-refractivity contribution in [3.63, 3.8) is 0 Å². The van der Waals surface area contributed by atoms with Crippen molar-refractivity contribution < 1.29 is 47.8 Å². The van der Waals surface area contributed by atoms with Gasteiger partial charge in [0.15, 0.2) is 6.04 Å². The number of carboxylic acids is 1. The van der Waals surface area contributed by atoms with Gasteiger partial charge in [0.05, 0.1) is 13.2 Å². The molecule has 0 aromatic carbocycles. The quantitative estimate of drug-likeness (QED) is 0.0200. The minimum absolute atomic E-state index is 0.124. The smallest absolute Gasteiger partial charge is 0.472 e. The Kier molecular flexibility index (Phi) is 42.2. The molecule has 11 nitrogen and oxygen atoms in total. The lowest BCUT2D eigenvalue weighted by Crippen LogP contribution is -2.43. The van der Waals surface area contributed by atoms with Gasteiger partial charge < -0.3 is 25.2 Å². The van der Waals surface area contributed by atoms with Gasteiger partial charge in [-0.3, -0.25) is 18.6 Å². The van der Waals surface area contributed by atoms with Gasteiger partial charge in [0.25, 0.3) is 0 Å². The van der Waals surface area contributed by atoms with Crippen molar-refractivity contribution in [1.82, 2.24) is 5.32 Å². The maximum atomic E-state index is 12.3. The third-order valence-electron chi connectivity index (χ3n) is 10.4. The fraction of sp³-hybridized carbons (Fsp3) is 0.776. The van der Waals surface area contributed by atoms with Crippen molar-refractivity contribution in [3.05, 3.63) is 48.6 Å². The molecular weight excluding hydrogens is 794 g/mol. The summed E-state index contributed by atoms with van der Waals surface area (Å²) in [6.07, 6.45) is 49.8. The van der Waals surface area contributed by atoms with Gasteiger partial charge in [-0.05, 0) is 57.8 Å². The van der Waals surface area contributed by atoms with Gasteiger partial charge in [-0.15, -0.1) is 0 Å². The molecule has 0 aliphatic carbocycles. The van der Waals surface area contributed by atoms with E-state index in [0.29, 0.717) is 12.8 Å². The number of carboxylic acid groups (broad SMARTS) is 1. The summed E-state index contributed by atoms with van der Waals surface area (Å²) in [5.41, 5.74) is 0. The van der Waals surface area contributed by atoms with E-state index in [0.717, 1.165) is 70.6 Å². The van der Waals surface area contributed by atoms with E-state index in [9.17, 15) is 34.1 Å². The molecule has 0 bridgehead atoms. The number of hydrogen-bond acceptors (Lipinski definition) is 8. The number of carbonyl (C=O) groups is 3. The normalized spacial score (nSPS) is 14.0. The molecule has 0 rings (SSSR count). The summed E-state index contributed by atoms with van der Waals surface area (Å²) < 4.78 is 26.9. The molecule has 0 saturated carbocycles. The van der Waals surface area contributed by atoms with Crippen LogP contribution in [0.3, 0.4) is 0 Å². The second-order valence-electron chi connectivity index (χ2n) is 16.3. The Morgan fingerprint density at radius 2 is 0.902 bits per heavy atom. The molecule has 0 aliphatic heterocycles. The molecule has 61 heavy (non-hydrogen) atoms. The third-order valence-corrected chi connectivity index (χ3v) is 11.3. The fourth-order valence-electron chi connectivity index (χ4n) is 6.59. The highest BCUT2D eigenvalue weighted by Gasteiger charge is 2.28. The van der Waals surface area contributed by atoms with Gasteiger partial charge in [-0.25, -0.2) is 9.36 Å². The number of aliphatic carboxylic acids is 1. The van der Waals surface area contributed by atoms with E-state index >= 15 is 0 Å². The molecule has 1 amide bonds. The first kappa shape index (κ1) is 58.4. The lowest BCUT2D eigenvalue weighted by molar-refractivity contribution is -0.147. The topological polar surface area (TPSA) is 169 Å². The molecule has 4 N–H and O–H groups in total. The number of rotatable bonds is 45. The molecule has 3 atom stereocenters. The summed E-state index contributed by atoms with van der Waals surface area (Å²) in [6.45, 7) is 2.57. The standard InChI is InChI=1S/C49H88NO10P/c1-3-5-7-9-11-13-15-17-19-21-22-23-24-25-26-28-30-32-34-36-38-40-47(52)50-46(49(54)55)44-60-61(56,57)59-43-45(51)42-58-48(53)41-39-37-35-33-31-29-27-20-18-16-14-12-10-8-6-4-2/h11,13,17,19,22-23,25-26,45-46,51H,3-10,12,14-16,18,20-21,24,27-44H2,1-2H3,(H,50,52)(H,54,55)(H,56,57)/b13-11-,19-17-,23-22-,26-25-. The molecule has 0 saturated heterocycles. The molecule has 0 aromatic heterocycles. The molecule has 0 fully saturated rings. The highest BCUT2D eigenvalue weighted by atomic mass is 31.2. The highest BCUT2D eigenvalue weighted by Crippen LogP contribution is 2.43. The summed E-state index contributed by atoms with van der Waals surface area (Å²) in [5, 5.41) is 21.9. The van der Waals surface area contributed by atoms with Crippen molar-refractivity contribution >= 4 is 25.7 Å². The Morgan fingerprint density at radius 3 is 1.38 bits per heavy atom. The van der Waals surface area contributed by atoms with Crippen LogP contribution in [0.15, 0.2) is 48.6 Å². The van der Waals surface area contributed by atoms with E-state index in [2.05, 4.69) is 67.8 Å². The monoisotopic (exact) mass is 882 g/mol. The van der Waals surface area contributed by atoms with Crippen molar-refractivity contribution in [2.24, 2.45) is 0 Å². The number of nitrogens with one attached hydrogen (secondary N) is 1. The summed E-state index contributed by atoms with van der Waals surface area (Å²) in [5.74, 6) is -2.39. The first-order valence-electron chi connectivity index (χ1n) is 24.2. The Labute approximate surface area is 371 Å². The predicted molar refractivity (Wildman–Crippen MR) is 249 cm³/mol. The molecule has 12 heteroatoms. The second kappa shape index (κ2) is 44.1. The van der Waals surface area contributed by atoms with E-state index in [1.807, 2.05) is 0 Å². The molecule has 354 valence electrons. The minimum atomic E-state index is -4.76. The number of hydrogen-bond donors (Lipinski definition) is 4. The SMILES string of the molecule is CCCCC/C=C\C/C=C\C/C=C\C/C=C\CCCCCCCC(=O)NC(COP(=O)(O)OCC(O)COC(=O)CCCCCCCCCCCCCCCCCC)C(=O)O. The number of unbranched alkanes of at least 4 members (excludes halogenated alkanes) is 23. The molecule has 0 radical (unpaired) electrons. The van der Waals surface area contributed by atoms with Crippen LogP contribution in [-0.4, -0.2) is 64.9 Å². The van der Waals surface area contributed by atoms with Crippen LogP contribution < -0.4 is 5.32 Å². The largest absolute Gasteiger partial charge is 0.480 e. The zero-order chi connectivity index (χ0) is 44.9. The zero-order valence-corrected chi connectivity index (χ0v) is 39.4. The lowest BCUT2D eigenvalue weighted by atomic mass is 10.0. The molecule has 0 aliphatic rings. The molecule has 3 unspecified atom stereocenters. The van der Waals surface area contributed by atoms with Crippen LogP contribution in [0.4, 0.5) is 0 Å². The fourth-order valence-corrected chi connectivity index (χ4v) is 7.37.